The van der Waals surface area contributed by atoms with Crippen molar-refractivity contribution in [3.8, 4) is 28.7 Å². The van der Waals surface area contributed by atoms with Crippen LogP contribution >= 0.6 is 0 Å². The molecule has 7 heteroatoms. The standard InChI is InChI=1S/C28H23N5O2/c1-19-9-6-7-12-23(19)26-24(18-33(32-26)21-10-4-3-5-11-21)27(34)31-25-14-13-22(17-20(25)2)35-28-29-15-8-16-30-28/h3-18H,1-2H3,(H,31,34). The minimum atomic E-state index is -0.242. The van der Waals surface area contributed by atoms with Crippen molar-refractivity contribution in [1.29, 1.82) is 0 Å². The summed E-state index contributed by atoms with van der Waals surface area (Å²) in [4.78, 5) is 21.6. The molecule has 0 aliphatic heterocycles. The summed E-state index contributed by atoms with van der Waals surface area (Å²) in [6.45, 7) is 3.92. The molecule has 0 spiro atoms. The maximum Gasteiger partial charge on any atom is 0.321 e. The largest absolute Gasteiger partial charge is 0.424 e. The maximum atomic E-state index is 13.5. The van der Waals surface area contributed by atoms with Crippen LogP contribution in [0.15, 0.2) is 97.5 Å². The quantitative estimate of drug-likeness (QED) is 0.336. The summed E-state index contributed by atoms with van der Waals surface area (Å²) >= 11 is 0. The lowest BCUT2D eigenvalue weighted by Crippen LogP contribution is -2.13. The van der Waals surface area contributed by atoms with Crippen molar-refractivity contribution in [2.24, 2.45) is 0 Å². The third kappa shape index (κ3) is 4.79. The van der Waals surface area contributed by atoms with E-state index >= 15 is 0 Å². The summed E-state index contributed by atoms with van der Waals surface area (Å²) < 4.78 is 7.43. The van der Waals surface area contributed by atoms with Gasteiger partial charge in [-0.1, -0.05) is 42.5 Å². The van der Waals surface area contributed by atoms with Crippen LogP contribution in [0, 0.1) is 13.8 Å². The van der Waals surface area contributed by atoms with Gasteiger partial charge in [-0.25, -0.2) is 14.6 Å². The van der Waals surface area contributed by atoms with E-state index in [4.69, 9.17) is 9.84 Å². The van der Waals surface area contributed by atoms with Crippen LogP contribution in [0.1, 0.15) is 21.5 Å². The first kappa shape index (κ1) is 22.0. The fraction of sp³-hybridized carbons (Fsp3) is 0.0714. The number of benzene rings is 3. The number of amides is 1. The van der Waals surface area contributed by atoms with Crippen LogP contribution in [-0.2, 0) is 0 Å². The SMILES string of the molecule is Cc1cc(Oc2ncccn2)ccc1NC(=O)c1cn(-c2ccccc2)nc1-c1ccccc1C. The summed E-state index contributed by atoms with van der Waals surface area (Å²) in [7, 11) is 0. The van der Waals surface area contributed by atoms with Crippen LogP contribution in [0.5, 0.6) is 11.8 Å². The zero-order chi connectivity index (χ0) is 24.2. The third-order valence-corrected chi connectivity index (χ3v) is 5.58. The van der Waals surface area contributed by atoms with Gasteiger partial charge < -0.3 is 10.1 Å². The van der Waals surface area contributed by atoms with Crippen molar-refractivity contribution >= 4 is 11.6 Å². The fourth-order valence-corrected chi connectivity index (χ4v) is 3.76. The number of carbonyl (C=O) groups is 1. The molecule has 2 heterocycles. The van der Waals surface area contributed by atoms with Gasteiger partial charge in [0.25, 0.3) is 5.91 Å². The second kappa shape index (κ2) is 9.61. The van der Waals surface area contributed by atoms with Crippen LogP contribution in [-0.4, -0.2) is 25.7 Å². The van der Waals surface area contributed by atoms with Crippen LogP contribution in [0.4, 0.5) is 5.69 Å². The number of rotatable bonds is 6. The van der Waals surface area contributed by atoms with Gasteiger partial charge in [0.2, 0.25) is 0 Å². The van der Waals surface area contributed by atoms with Crippen LogP contribution in [0.2, 0.25) is 0 Å². The lowest BCUT2D eigenvalue weighted by atomic mass is 10.0. The molecule has 0 fully saturated rings. The molecule has 7 nitrogen and oxygen atoms in total. The topological polar surface area (TPSA) is 81.9 Å². The molecular weight excluding hydrogens is 438 g/mol. The highest BCUT2D eigenvalue weighted by molar-refractivity contribution is 6.08. The minimum Gasteiger partial charge on any atom is -0.424 e. The smallest absolute Gasteiger partial charge is 0.321 e. The highest BCUT2D eigenvalue weighted by Crippen LogP contribution is 2.29. The van der Waals surface area contributed by atoms with Gasteiger partial charge in [-0.3, -0.25) is 4.79 Å². The minimum absolute atomic E-state index is 0.242. The Bertz CT molecular complexity index is 1480. The molecule has 2 aromatic heterocycles. The van der Waals surface area contributed by atoms with E-state index in [-0.39, 0.29) is 11.9 Å². The molecule has 35 heavy (non-hydrogen) atoms. The van der Waals surface area contributed by atoms with Crippen molar-refractivity contribution in [1.82, 2.24) is 19.7 Å². The molecule has 5 aromatic rings. The summed E-state index contributed by atoms with van der Waals surface area (Å²) in [6.07, 6.45) is 5.00. The molecule has 1 N–H and O–H groups in total. The van der Waals surface area contributed by atoms with Crippen LogP contribution in [0.25, 0.3) is 16.9 Å². The number of nitrogens with one attached hydrogen (secondary N) is 1. The average molecular weight is 462 g/mol. The van der Waals surface area contributed by atoms with Gasteiger partial charge in [0.1, 0.15) is 11.4 Å². The first-order chi connectivity index (χ1) is 17.1. The normalized spacial score (nSPS) is 10.7. The Morgan fingerprint density at radius 1 is 0.857 bits per heavy atom. The Hall–Kier alpha value is -4.78. The van der Waals surface area contributed by atoms with Crippen molar-refractivity contribution < 1.29 is 9.53 Å². The van der Waals surface area contributed by atoms with Crippen LogP contribution < -0.4 is 10.1 Å². The number of para-hydroxylation sites is 1. The monoisotopic (exact) mass is 461 g/mol. The first-order valence-electron chi connectivity index (χ1n) is 11.2. The predicted molar refractivity (Wildman–Crippen MR) is 135 cm³/mol. The zero-order valence-corrected chi connectivity index (χ0v) is 19.3. The van der Waals surface area contributed by atoms with Gasteiger partial charge in [0.05, 0.1) is 11.3 Å². The summed E-state index contributed by atoms with van der Waals surface area (Å²) in [6, 6.07) is 25.1. The molecule has 0 saturated carbocycles. The van der Waals surface area contributed by atoms with Gasteiger partial charge in [0, 0.05) is 29.8 Å². The molecule has 0 atom stereocenters. The van der Waals surface area contributed by atoms with E-state index in [1.54, 1.807) is 41.5 Å². The van der Waals surface area contributed by atoms with E-state index in [2.05, 4.69) is 15.3 Å². The van der Waals surface area contributed by atoms with E-state index in [1.807, 2.05) is 74.5 Å². The zero-order valence-electron chi connectivity index (χ0n) is 19.3. The number of hydrogen-bond acceptors (Lipinski definition) is 5. The van der Waals surface area contributed by atoms with Gasteiger partial charge in [-0.05, 0) is 61.4 Å². The molecule has 0 unspecified atom stereocenters. The van der Waals surface area contributed by atoms with Crippen molar-refractivity contribution in [2.75, 3.05) is 5.32 Å². The highest BCUT2D eigenvalue weighted by atomic mass is 16.5. The molecule has 0 radical (unpaired) electrons. The second-order valence-electron chi connectivity index (χ2n) is 8.05. The molecule has 172 valence electrons. The lowest BCUT2D eigenvalue weighted by Gasteiger charge is -2.11. The van der Waals surface area contributed by atoms with E-state index < -0.39 is 0 Å². The van der Waals surface area contributed by atoms with Gasteiger partial charge >= 0.3 is 6.01 Å². The number of hydrogen-bond donors (Lipinski definition) is 1. The Balaban J connectivity index is 1.46. The summed E-state index contributed by atoms with van der Waals surface area (Å²) in [5.41, 5.74) is 5.47. The number of aryl methyl sites for hydroxylation is 2. The molecule has 0 aliphatic rings. The number of anilines is 1. The number of nitrogens with zero attached hydrogens (tertiary/aromatic N) is 4. The molecule has 3 aromatic carbocycles. The summed E-state index contributed by atoms with van der Waals surface area (Å²) in [5, 5.41) is 7.81. The van der Waals surface area contributed by atoms with Crippen molar-refractivity contribution in [3.63, 3.8) is 0 Å². The molecular formula is C28H23N5O2. The molecule has 5 rings (SSSR count). The van der Waals surface area contributed by atoms with Gasteiger partial charge in [0.15, 0.2) is 0 Å². The Morgan fingerprint density at radius 2 is 1.60 bits per heavy atom. The first-order valence-corrected chi connectivity index (χ1v) is 11.2. The second-order valence-corrected chi connectivity index (χ2v) is 8.05. The van der Waals surface area contributed by atoms with Crippen molar-refractivity contribution in [2.45, 2.75) is 13.8 Å². The average Bonchev–Trinajstić information content (AvgIpc) is 3.33. The highest BCUT2D eigenvalue weighted by Gasteiger charge is 2.20. The number of ether oxygens (including phenoxy) is 1. The number of aromatic nitrogens is 4. The Morgan fingerprint density at radius 3 is 2.34 bits per heavy atom. The van der Waals surface area contributed by atoms with E-state index in [1.165, 1.54) is 0 Å². The Labute approximate surface area is 203 Å². The maximum absolute atomic E-state index is 13.5. The number of carbonyl (C=O) groups excluding carboxylic acids is 1. The molecule has 1 amide bonds. The molecule has 0 saturated heterocycles. The Kier molecular flexibility index (Phi) is 6.05. The van der Waals surface area contributed by atoms with E-state index in [9.17, 15) is 4.79 Å². The fourth-order valence-electron chi connectivity index (χ4n) is 3.76. The molecule has 0 aliphatic carbocycles. The van der Waals surface area contributed by atoms with Crippen molar-refractivity contribution in [3.05, 3.63) is 114 Å². The van der Waals surface area contributed by atoms with E-state index in [0.717, 1.165) is 22.4 Å². The van der Waals surface area contributed by atoms with Crippen LogP contribution in [0.3, 0.4) is 0 Å². The molecule has 0 bridgehead atoms. The van der Waals surface area contributed by atoms with Gasteiger partial charge in [-0.15, -0.1) is 0 Å². The van der Waals surface area contributed by atoms with E-state index in [0.29, 0.717) is 22.7 Å². The summed E-state index contributed by atoms with van der Waals surface area (Å²) in [5.74, 6) is 0.345. The van der Waals surface area contributed by atoms with Gasteiger partial charge in [-0.2, -0.15) is 5.10 Å². The lowest BCUT2D eigenvalue weighted by molar-refractivity contribution is 0.102. The predicted octanol–water partition coefficient (Wildman–Crippen LogP) is 5.99. The third-order valence-electron chi connectivity index (χ3n) is 5.58.